The maximum absolute atomic E-state index is 12.8. The molecule has 3 aromatic rings. The molecule has 0 aliphatic carbocycles. The molecule has 0 bridgehead atoms. The second kappa shape index (κ2) is 10.3. The molecule has 0 spiro atoms. The van der Waals surface area contributed by atoms with Crippen molar-refractivity contribution in [2.75, 3.05) is 19.5 Å². The van der Waals surface area contributed by atoms with Gasteiger partial charge in [-0.3, -0.25) is 9.59 Å². The zero-order valence-electron chi connectivity index (χ0n) is 18.5. The molecule has 1 aromatic heterocycles. The Bertz CT molecular complexity index is 1100. The number of aromatic nitrogens is 2. The van der Waals surface area contributed by atoms with Gasteiger partial charge in [0.05, 0.1) is 19.5 Å². The van der Waals surface area contributed by atoms with Crippen molar-refractivity contribution in [3.05, 3.63) is 48.0 Å². The molecule has 1 atom stereocenters. The summed E-state index contributed by atoms with van der Waals surface area (Å²) in [5, 5.41) is 10.8. The van der Waals surface area contributed by atoms with E-state index in [1.54, 1.807) is 63.6 Å². The third kappa shape index (κ3) is 5.47. The number of methoxy groups -OCH3 is 2. The molecule has 1 amide bonds. The number of anilines is 1. The second-order valence-corrected chi connectivity index (χ2v) is 8.58. The molecule has 168 valence electrons. The van der Waals surface area contributed by atoms with E-state index in [0.717, 1.165) is 0 Å². The van der Waals surface area contributed by atoms with Crippen molar-refractivity contribution in [3.63, 3.8) is 0 Å². The summed E-state index contributed by atoms with van der Waals surface area (Å²) >= 11 is 1.18. The zero-order valence-corrected chi connectivity index (χ0v) is 19.4. The van der Waals surface area contributed by atoms with Gasteiger partial charge in [0.1, 0.15) is 0 Å². The molecule has 1 unspecified atom stereocenters. The van der Waals surface area contributed by atoms with E-state index in [4.69, 9.17) is 13.9 Å². The fourth-order valence-electron chi connectivity index (χ4n) is 2.79. The van der Waals surface area contributed by atoms with Crippen LogP contribution in [0.3, 0.4) is 0 Å². The van der Waals surface area contributed by atoms with Gasteiger partial charge in [0.15, 0.2) is 17.3 Å². The van der Waals surface area contributed by atoms with Gasteiger partial charge in [-0.25, -0.2) is 0 Å². The van der Waals surface area contributed by atoms with Crippen molar-refractivity contribution < 1.29 is 23.5 Å². The Morgan fingerprint density at radius 1 is 0.969 bits per heavy atom. The summed E-state index contributed by atoms with van der Waals surface area (Å²) in [6.07, 6.45) is 0. The normalized spacial score (nSPS) is 11.8. The molecule has 0 radical (unpaired) electrons. The SMILES string of the molecule is COc1ccc(-c2nnc(SC(C)C(=O)c3ccc(NC(=O)C(C)C)cc3)o2)cc1OC. The Hall–Kier alpha value is -3.33. The Kier molecular flexibility index (Phi) is 7.53. The number of carbonyl (C=O) groups excluding carboxylic acids is 2. The quantitative estimate of drug-likeness (QED) is 0.365. The van der Waals surface area contributed by atoms with Gasteiger partial charge < -0.3 is 19.2 Å². The monoisotopic (exact) mass is 455 g/mol. The number of ether oxygens (including phenoxy) is 2. The Labute approximate surface area is 190 Å². The number of rotatable bonds is 9. The van der Waals surface area contributed by atoms with E-state index in [2.05, 4.69) is 15.5 Å². The standard InChI is InChI=1S/C23H25N3O5S/c1-13(2)21(28)24-17-9-6-15(7-10-17)20(27)14(3)32-23-26-25-22(31-23)16-8-11-18(29-4)19(12-16)30-5/h6-14H,1-5H3,(H,24,28). The summed E-state index contributed by atoms with van der Waals surface area (Å²) in [5.41, 5.74) is 1.87. The average Bonchev–Trinajstić information content (AvgIpc) is 3.26. The highest BCUT2D eigenvalue weighted by molar-refractivity contribution is 8.00. The number of carbonyl (C=O) groups is 2. The van der Waals surface area contributed by atoms with E-state index in [-0.39, 0.29) is 22.8 Å². The number of amides is 1. The van der Waals surface area contributed by atoms with Crippen LogP contribution in [0.5, 0.6) is 11.5 Å². The van der Waals surface area contributed by atoms with Crippen LogP contribution in [0.15, 0.2) is 52.1 Å². The Morgan fingerprint density at radius 3 is 2.28 bits per heavy atom. The van der Waals surface area contributed by atoms with Gasteiger partial charge in [0.2, 0.25) is 11.8 Å². The number of benzene rings is 2. The number of ketones is 1. The van der Waals surface area contributed by atoms with Crippen LogP contribution in [0.25, 0.3) is 11.5 Å². The van der Waals surface area contributed by atoms with Crippen LogP contribution < -0.4 is 14.8 Å². The number of hydrogen-bond acceptors (Lipinski definition) is 8. The lowest BCUT2D eigenvalue weighted by Gasteiger charge is -2.10. The zero-order chi connectivity index (χ0) is 23.3. The first-order valence-corrected chi connectivity index (χ1v) is 10.9. The van der Waals surface area contributed by atoms with E-state index in [0.29, 0.717) is 34.2 Å². The largest absolute Gasteiger partial charge is 0.493 e. The summed E-state index contributed by atoms with van der Waals surface area (Å²) in [7, 11) is 3.11. The molecular weight excluding hydrogens is 430 g/mol. The van der Waals surface area contributed by atoms with Gasteiger partial charge in [0.25, 0.3) is 5.22 Å². The fourth-order valence-corrected chi connectivity index (χ4v) is 3.55. The van der Waals surface area contributed by atoms with E-state index >= 15 is 0 Å². The Morgan fingerprint density at radius 2 is 1.66 bits per heavy atom. The van der Waals surface area contributed by atoms with Crippen LogP contribution in [0, 0.1) is 5.92 Å². The summed E-state index contributed by atoms with van der Waals surface area (Å²) in [6.45, 7) is 5.42. The van der Waals surface area contributed by atoms with E-state index in [1.165, 1.54) is 11.8 Å². The van der Waals surface area contributed by atoms with Gasteiger partial charge in [-0.2, -0.15) is 0 Å². The smallest absolute Gasteiger partial charge is 0.277 e. The van der Waals surface area contributed by atoms with E-state index in [9.17, 15) is 9.59 Å². The van der Waals surface area contributed by atoms with Gasteiger partial charge in [0, 0.05) is 22.7 Å². The molecule has 1 N–H and O–H groups in total. The lowest BCUT2D eigenvalue weighted by molar-refractivity contribution is -0.118. The van der Waals surface area contributed by atoms with Crippen LogP contribution in [0.2, 0.25) is 0 Å². The average molecular weight is 456 g/mol. The number of Topliss-reactive ketones (excluding diaryl/α,β-unsaturated/α-hetero) is 1. The minimum atomic E-state index is -0.440. The van der Waals surface area contributed by atoms with Crippen molar-refractivity contribution in [2.24, 2.45) is 5.92 Å². The maximum Gasteiger partial charge on any atom is 0.277 e. The highest BCUT2D eigenvalue weighted by Gasteiger charge is 2.21. The van der Waals surface area contributed by atoms with E-state index in [1.807, 2.05) is 13.8 Å². The molecule has 0 aliphatic rings. The summed E-state index contributed by atoms with van der Waals surface area (Å²) in [5.74, 6) is 1.19. The number of nitrogens with zero attached hydrogens (tertiary/aromatic N) is 2. The van der Waals surface area contributed by atoms with Crippen LogP contribution in [0.4, 0.5) is 5.69 Å². The lowest BCUT2D eigenvalue weighted by atomic mass is 10.1. The predicted octanol–water partition coefficient (Wildman–Crippen LogP) is 4.71. The third-order valence-corrected chi connectivity index (χ3v) is 5.58. The minimum absolute atomic E-state index is 0.0744. The third-order valence-electron chi connectivity index (χ3n) is 4.65. The molecule has 0 aliphatic heterocycles. The molecule has 1 heterocycles. The van der Waals surface area contributed by atoms with Crippen molar-refractivity contribution >= 4 is 29.1 Å². The first-order chi connectivity index (χ1) is 15.3. The minimum Gasteiger partial charge on any atom is -0.493 e. The van der Waals surface area contributed by atoms with Crippen LogP contribution in [-0.2, 0) is 4.79 Å². The Balaban J connectivity index is 1.66. The molecule has 8 nitrogen and oxygen atoms in total. The molecule has 9 heteroatoms. The van der Waals surface area contributed by atoms with Gasteiger partial charge in [-0.1, -0.05) is 25.6 Å². The van der Waals surface area contributed by atoms with E-state index < -0.39 is 5.25 Å². The molecule has 32 heavy (non-hydrogen) atoms. The number of nitrogens with one attached hydrogen (secondary N) is 1. The van der Waals surface area contributed by atoms with Gasteiger partial charge in [-0.15, -0.1) is 10.2 Å². The highest BCUT2D eigenvalue weighted by atomic mass is 32.2. The highest BCUT2D eigenvalue weighted by Crippen LogP contribution is 2.33. The van der Waals surface area contributed by atoms with Crippen LogP contribution >= 0.6 is 11.8 Å². The van der Waals surface area contributed by atoms with Crippen molar-refractivity contribution in [2.45, 2.75) is 31.2 Å². The molecule has 3 rings (SSSR count). The molecule has 0 saturated heterocycles. The molecule has 2 aromatic carbocycles. The molecule has 0 fully saturated rings. The lowest BCUT2D eigenvalue weighted by Crippen LogP contribution is -2.18. The first-order valence-electron chi connectivity index (χ1n) is 10.00. The first kappa shape index (κ1) is 23.3. The molecule has 0 saturated carbocycles. The summed E-state index contributed by atoms with van der Waals surface area (Å²) < 4.78 is 16.3. The van der Waals surface area contributed by atoms with Crippen molar-refractivity contribution in [1.82, 2.24) is 10.2 Å². The van der Waals surface area contributed by atoms with Gasteiger partial charge >= 0.3 is 0 Å². The van der Waals surface area contributed by atoms with Crippen molar-refractivity contribution in [1.29, 1.82) is 0 Å². The van der Waals surface area contributed by atoms with Crippen molar-refractivity contribution in [3.8, 4) is 23.0 Å². The summed E-state index contributed by atoms with van der Waals surface area (Å²) in [6, 6.07) is 12.1. The summed E-state index contributed by atoms with van der Waals surface area (Å²) in [4.78, 5) is 24.6. The number of thioether (sulfide) groups is 1. The fraction of sp³-hybridized carbons (Fsp3) is 0.304. The number of hydrogen-bond donors (Lipinski definition) is 1. The topological polar surface area (TPSA) is 104 Å². The van der Waals surface area contributed by atoms with Crippen LogP contribution in [-0.4, -0.2) is 41.4 Å². The van der Waals surface area contributed by atoms with Crippen LogP contribution in [0.1, 0.15) is 31.1 Å². The predicted molar refractivity (Wildman–Crippen MR) is 122 cm³/mol. The van der Waals surface area contributed by atoms with Gasteiger partial charge in [-0.05, 0) is 49.4 Å². The molecular formula is C23H25N3O5S. The second-order valence-electron chi connectivity index (χ2n) is 7.29. The maximum atomic E-state index is 12.8.